The van der Waals surface area contributed by atoms with Gasteiger partial charge in [-0.05, 0) is 61.3 Å². The maximum absolute atomic E-state index is 12.2. The van der Waals surface area contributed by atoms with E-state index in [9.17, 15) is 4.79 Å². The van der Waals surface area contributed by atoms with Gasteiger partial charge in [0, 0.05) is 30.3 Å². The van der Waals surface area contributed by atoms with E-state index in [0.717, 1.165) is 30.8 Å². The highest BCUT2D eigenvalue weighted by Crippen LogP contribution is 2.17. The third-order valence-electron chi connectivity index (χ3n) is 3.81. The van der Waals surface area contributed by atoms with Gasteiger partial charge in [-0.3, -0.25) is 14.7 Å². The Hall–Kier alpha value is -2.40. The molecule has 1 heterocycles. The molecule has 5 nitrogen and oxygen atoms in total. The molecule has 2 aromatic rings. The lowest BCUT2D eigenvalue weighted by Crippen LogP contribution is -2.34. The molecule has 0 saturated carbocycles. The summed E-state index contributed by atoms with van der Waals surface area (Å²) in [6, 6.07) is 9.51. The fourth-order valence-electron chi connectivity index (χ4n) is 2.41. The first kappa shape index (κ1) is 17.0. The van der Waals surface area contributed by atoms with Gasteiger partial charge < -0.3 is 11.1 Å². The van der Waals surface area contributed by atoms with Crippen LogP contribution in [-0.4, -0.2) is 35.4 Å². The van der Waals surface area contributed by atoms with Crippen molar-refractivity contribution < 1.29 is 4.79 Å². The van der Waals surface area contributed by atoms with Gasteiger partial charge in [-0.15, -0.1) is 0 Å². The van der Waals surface area contributed by atoms with E-state index in [0.29, 0.717) is 12.2 Å². The molecule has 0 radical (unpaired) electrons. The summed E-state index contributed by atoms with van der Waals surface area (Å²) in [4.78, 5) is 18.4. The normalized spacial score (nSPS) is 10.7. The topological polar surface area (TPSA) is 71.2 Å². The Labute approximate surface area is 137 Å². The average molecular weight is 312 g/mol. The van der Waals surface area contributed by atoms with Crippen LogP contribution in [-0.2, 0) is 11.2 Å². The molecular weight excluding hydrogens is 288 g/mol. The lowest BCUT2D eigenvalue weighted by Gasteiger charge is -2.20. The van der Waals surface area contributed by atoms with Crippen LogP contribution < -0.4 is 11.1 Å². The van der Waals surface area contributed by atoms with Gasteiger partial charge in [-0.1, -0.05) is 6.92 Å². The van der Waals surface area contributed by atoms with Gasteiger partial charge in [-0.25, -0.2) is 0 Å². The molecule has 0 aliphatic heterocycles. The number of nitrogen functional groups attached to an aromatic ring is 1. The molecule has 2 rings (SSSR count). The molecule has 5 heteroatoms. The van der Waals surface area contributed by atoms with Gasteiger partial charge in [0.05, 0.1) is 6.54 Å². The van der Waals surface area contributed by atoms with Crippen molar-refractivity contribution in [3.63, 3.8) is 0 Å². The average Bonchev–Trinajstić information content (AvgIpc) is 2.55. The maximum Gasteiger partial charge on any atom is 0.238 e. The zero-order valence-electron chi connectivity index (χ0n) is 13.7. The first-order valence-corrected chi connectivity index (χ1v) is 7.85. The summed E-state index contributed by atoms with van der Waals surface area (Å²) < 4.78 is 0. The molecule has 0 unspecified atom stereocenters. The molecule has 3 N–H and O–H groups in total. The third kappa shape index (κ3) is 5.38. The molecule has 0 aliphatic rings. The minimum atomic E-state index is -0.00514. The van der Waals surface area contributed by atoms with Crippen LogP contribution in [0.5, 0.6) is 0 Å². The number of anilines is 2. The first-order valence-electron chi connectivity index (χ1n) is 7.85. The predicted octanol–water partition coefficient (Wildman–Crippen LogP) is 2.48. The fourth-order valence-corrected chi connectivity index (χ4v) is 2.41. The van der Waals surface area contributed by atoms with E-state index in [1.807, 2.05) is 31.2 Å². The van der Waals surface area contributed by atoms with Crippen molar-refractivity contribution in [1.29, 1.82) is 0 Å². The van der Waals surface area contributed by atoms with E-state index in [1.54, 1.807) is 18.5 Å². The SMILES string of the molecule is CCN(CCc1ccncc1)CC(=O)Nc1ccc(N)cc1C. The summed E-state index contributed by atoms with van der Waals surface area (Å²) in [6.45, 7) is 6.06. The van der Waals surface area contributed by atoms with E-state index >= 15 is 0 Å². The van der Waals surface area contributed by atoms with Crippen molar-refractivity contribution in [2.45, 2.75) is 20.3 Å². The number of hydrogen-bond acceptors (Lipinski definition) is 4. The van der Waals surface area contributed by atoms with E-state index in [4.69, 9.17) is 5.73 Å². The van der Waals surface area contributed by atoms with Crippen molar-refractivity contribution >= 4 is 17.3 Å². The van der Waals surface area contributed by atoms with Gasteiger partial charge in [0.1, 0.15) is 0 Å². The van der Waals surface area contributed by atoms with Gasteiger partial charge in [0.15, 0.2) is 0 Å². The van der Waals surface area contributed by atoms with Crippen molar-refractivity contribution in [2.24, 2.45) is 0 Å². The summed E-state index contributed by atoms with van der Waals surface area (Å²) in [5, 5.41) is 2.95. The Morgan fingerprint density at radius 2 is 2.00 bits per heavy atom. The number of hydrogen-bond donors (Lipinski definition) is 2. The number of likely N-dealkylation sites (N-methyl/N-ethyl adjacent to an activating group) is 1. The minimum absolute atomic E-state index is 0.00514. The highest BCUT2D eigenvalue weighted by atomic mass is 16.2. The number of nitrogens with zero attached hydrogens (tertiary/aromatic N) is 2. The molecule has 1 aromatic heterocycles. The number of rotatable bonds is 7. The van der Waals surface area contributed by atoms with Crippen LogP contribution in [0.25, 0.3) is 0 Å². The summed E-state index contributed by atoms with van der Waals surface area (Å²) in [5.74, 6) is -0.00514. The molecule has 0 atom stereocenters. The number of amides is 1. The Kier molecular flexibility index (Phi) is 6.11. The molecule has 1 aromatic carbocycles. The Balaban J connectivity index is 1.86. The van der Waals surface area contributed by atoms with Crippen LogP contribution >= 0.6 is 0 Å². The molecule has 0 saturated heterocycles. The lowest BCUT2D eigenvalue weighted by molar-refractivity contribution is -0.117. The third-order valence-corrected chi connectivity index (χ3v) is 3.81. The van der Waals surface area contributed by atoms with Crippen LogP contribution in [0, 0.1) is 6.92 Å². The zero-order valence-corrected chi connectivity index (χ0v) is 13.7. The van der Waals surface area contributed by atoms with E-state index in [2.05, 4.69) is 22.1 Å². The Bertz CT molecular complexity index is 643. The number of nitrogens with two attached hydrogens (primary N) is 1. The molecule has 0 bridgehead atoms. The Morgan fingerprint density at radius 3 is 2.65 bits per heavy atom. The number of carbonyl (C=O) groups excluding carboxylic acids is 1. The number of aryl methyl sites for hydroxylation is 1. The molecular formula is C18H24N4O. The fraction of sp³-hybridized carbons (Fsp3) is 0.333. The van der Waals surface area contributed by atoms with E-state index in [1.165, 1.54) is 5.56 Å². The van der Waals surface area contributed by atoms with Crippen LogP contribution in [0.2, 0.25) is 0 Å². The number of pyridine rings is 1. The van der Waals surface area contributed by atoms with Gasteiger partial charge >= 0.3 is 0 Å². The van der Waals surface area contributed by atoms with Crippen LogP contribution in [0.4, 0.5) is 11.4 Å². The van der Waals surface area contributed by atoms with Crippen LogP contribution in [0.15, 0.2) is 42.7 Å². The smallest absolute Gasteiger partial charge is 0.238 e. The number of aromatic nitrogens is 1. The molecule has 122 valence electrons. The minimum Gasteiger partial charge on any atom is -0.399 e. The highest BCUT2D eigenvalue weighted by molar-refractivity contribution is 5.93. The molecule has 0 fully saturated rings. The summed E-state index contributed by atoms with van der Waals surface area (Å²) >= 11 is 0. The van der Waals surface area contributed by atoms with E-state index < -0.39 is 0 Å². The second-order valence-electron chi connectivity index (χ2n) is 5.60. The Morgan fingerprint density at radius 1 is 1.26 bits per heavy atom. The lowest BCUT2D eigenvalue weighted by atomic mass is 10.1. The quantitative estimate of drug-likeness (QED) is 0.771. The van der Waals surface area contributed by atoms with Crippen LogP contribution in [0.1, 0.15) is 18.1 Å². The first-order chi connectivity index (χ1) is 11.1. The van der Waals surface area contributed by atoms with Crippen molar-refractivity contribution in [3.8, 4) is 0 Å². The maximum atomic E-state index is 12.2. The largest absolute Gasteiger partial charge is 0.399 e. The second-order valence-corrected chi connectivity index (χ2v) is 5.60. The number of nitrogens with one attached hydrogen (secondary N) is 1. The van der Waals surface area contributed by atoms with Crippen LogP contribution in [0.3, 0.4) is 0 Å². The summed E-state index contributed by atoms with van der Waals surface area (Å²) in [5.41, 5.74) is 9.45. The number of carbonyl (C=O) groups is 1. The zero-order chi connectivity index (χ0) is 16.7. The van der Waals surface area contributed by atoms with Gasteiger partial charge in [0.25, 0.3) is 0 Å². The van der Waals surface area contributed by atoms with Gasteiger partial charge in [-0.2, -0.15) is 0 Å². The van der Waals surface area contributed by atoms with Gasteiger partial charge in [0.2, 0.25) is 5.91 Å². The predicted molar refractivity (Wildman–Crippen MR) is 94.3 cm³/mol. The van der Waals surface area contributed by atoms with Crippen molar-refractivity contribution in [2.75, 3.05) is 30.7 Å². The van der Waals surface area contributed by atoms with Crippen molar-refractivity contribution in [1.82, 2.24) is 9.88 Å². The standard InChI is InChI=1S/C18H24N4O/c1-3-22(11-8-15-6-9-20-10-7-15)13-18(23)21-17-5-4-16(19)12-14(17)2/h4-7,9-10,12H,3,8,11,13,19H2,1-2H3,(H,21,23). The van der Waals surface area contributed by atoms with Crippen molar-refractivity contribution in [3.05, 3.63) is 53.9 Å². The summed E-state index contributed by atoms with van der Waals surface area (Å²) in [7, 11) is 0. The molecule has 23 heavy (non-hydrogen) atoms. The van der Waals surface area contributed by atoms with E-state index in [-0.39, 0.29) is 5.91 Å². The highest BCUT2D eigenvalue weighted by Gasteiger charge is 2.10. The number of benzene rings is 1. The summed E-state index contributed by atoms with van der Waals surface area (Å²) in [6.07, 6.45) is 4.49. The molecule has 1 amide bonds. The molecule has 0 spiro atoms. The molecule has 0 aliphatic carbocycles. The monoisotopic (exact) mass is 312 g/mol. The second kappa shape index (κ2) is 8.29.